The molecule has 0 aliphatic rings. The van der Waals surface area contributed by atoms with Crippen LogP contribution in [0.25, 0.3) is 0 Å². The zero-order valence-corrected chi connectivity index (χ0v) is 9.94. The number of rotatable bonds is 6. The minimum Gasteiger partial charge on any atom is -0.465 e. The minimum atomic E-state index is -0.393. The average molecular weight is 232 g/mol. The van der Waals surface area contributed by atoms with E-state index < -0.39 is 5.97 Å². The molecular formula is C14H16O3. The summed E-state index contributed by atoms with van der Waals surface area (Å²) in [6, 6.07) is 6.52. The summed E-state index contributed by atoms with van der Waals surface area (Å²) < 4.78 is 4.58. The van der Waals surface area contributed by atoms with Gasteiger partial charge in [-0.2, -0.15) is 0 Å². The summed E-state index contributed by atoms with van der Waals surface area (Å²) in [5.41, 5.74) is 1.08. The Balaban J connectivity index is 2.63. The highest BCUT2D eigenvalue weighted by molar-refractivity contribution is 5.97. The molecule has 0 aliphatic heterocycles. The van der Waals surface area contributed by atoms with Gasteiger partial charge in [-0.15, -0.1) is 6.58 Å². The summed E-state index contributed by atoms with van der Waals surface area (Å²) in [6.45, 7) is 3.61. The molecule has 0 amide bonds. The lowest BCUT2D eigenvalue weighted by atomic mass is 10.0. The number of Topliss-reactive ketones (excluding diaryl/α,β-unsaturated/α-hetero) is 1. The van der Waals surface area contributed by atoms with Crippen LogP contribution in [0.5, 0.6) is 0 Å². The smallest absolute Gasteiger partial charge is 0.337 e. The molecule has 0 spiro atoms. The molecule has 1 rings (SSSR count). The van der Waals surface area contributed by atoms with Crippen molar-refractivity contribution in [1.82, 2.24) is 0 Å². The molecule has 0 heterocycles. The Morgan fingerprint density at radius 1 is 1.24 bits per heavy atom. The first-order valence-electron chi connectivity index (χ1n) is 5.51. The molecule has 0 bridgehead atoms. The number of benzene rings is 1. The van der Waals surface area contributed by atoms with E-state index in [0.29, 0.717) is 17.5 Å². The number of esters is 1. The highest BCUT2D eigenvalue weighted by Gasteiger charge is 2.08. The van der Waals surface area contributed by atoms with Crippen molar-refractivity contribution < 1.29 is 14.3 Å². The van der Waals surface area contributed by atoms with Crippen molar-refractivity contribution in [1.29, 1.82) is 0 Å². The summed E-state index contributed by atoms with van der Waals surface area (Å²) in [7, 11) is 1.33. The Morgan fingerprint density at radius 2 is 1.82 bits per heavy atom. The second kappa shape index (κ2) is 6.63. The summed E-state index contributed by atoms with van der Waals surface area (Å²) in [4.78, 5) is 22.9. The lowest BCUT2D eigenvalue weighted by Crippen LogP contribution is -2.03. The summed E-state index contributed by atoms with van der Waals surface area (Å²) >= 11 is 0. The van der Waals surface area contributed by atoms with Gasteiger partial charge in [-0.1, -0.05) is 18.2 Å². The third kappa shape index (κ3) is 3.87. The summed E-state index contributed by atoms with van der Waals surface area (Å²) in [5.74, 6) is -0.307. The third-order valence-corrected chi connectivity index (χ3v) is 2.44. The Bertz CT molecular complexity index is 404. The average Bonchev–Trinajstić information content (AvgIpc) is 2.38. The van der Waals surface area contributed by atoms with E-state index >= 15 is 0 Å². The first kappa shape index (κ1) is 13.2. The van der Waals surface area contributed by atoms with Crippen molar-refractivity contribution in [3.05, 3.63) is 48.0 Å². The molecule has 0 saturated carbocycles. The van der Waals surface area contributed by atoms with Gasteiger partial charge in [0.1, 0.15) is 0 Å². The van der Waals surface area contributed by atoms with Gasteiger partial charge in [0.05, 0.1) is 12.7 Å². The van der Waals surface area contributed by atoms with E-state index in [1.807, 2.05) is 0 Å². The van der Waals surface area contributed by atoms with Gasteiger partial charge in [0.2, 0.25) is 0 Å². The fourth-order valence-electron chi connectivity index (χ4n) is 1.46. The van der Waals surface area contributed by atoms with Gasteiger partial charge in [0.15, 0.2) is 5.78 Å². The second-order valence-corrected chi connectivity index (χ2v) is 3.67. The van der Waals surface area contributed by atoms with E-state index in [0.717, 1.165) is 12.8 Å². The van der Waals surface area contributed by atoms with E-state index in [1.54, 1.807) is 30.3 Å². The van der Waals surface area contributed by atoms with E-state index in [4.69, 9.17) is 0 Å². The Morgan fingerprint density at radius 3 is 2.35 bits per heavy atom. The standard InChI is InChI=1S/C14H16O3/c1-3-4-5-6-13(15)11-7-9-12(10-8-11)14(16)17-2/h3,7-10H,1,4-6H2,2H3. The molecule has 90 valence electrons. The molecule has 1 aromatic carbocycles. The van der Waals surface area contributed by atoms with Gasteiger partial charge in [-0.25, -0.2) is 4.79 Å². The molecule has 17 heavy (non-hydrogen) atoms. The largest absolute Gasteiger partial charge is 0.465 e. The molecule has 3 nitrogen and oxygen atoms in total. The molecule has 1 aromatic rings. The highest BCUT2D eigenvalue weighted by atomic mass is 16.5. The zero-order chi connectivity index (χ0) is 12.7. The molecule has 0 atom stereocenters. The Labute approximate surface area is 101 Å². The molecule has 0 saturated heterocycles. The van der Waals surface area contributed by atoms with Crippen LogP contribution < -0.4 is 0 Å². The van der Waals surface area contributed by atoms with E-state index in [2.05, 4.69) is 11.3 Å². The van der Waals surface area contributed by atoms with Crippen LogP contribution in [0.3, 0.4) is 0 Å². The minimum absolute atomic E-state index is 0.0864. The first-order valence-corrected chi connectivity index (χ1v) is 5.51. The van der Waals surface area contributed by atoms with Crippen LogP contribution in [-0.2, 0) is 4.74 Å². The number of ether oxygens (including phenoxy) is 1. The van der Waals surface area contributed by atoms with Gasteiger partial charge >= 0.3 is 5.97 Å². The predicted octanol–water partition coefficient (Wildman–Crippen LogP) is 3.01. The van der Waals surface area contributed by atoms with Crippen LogP contribution in [0, 0.1) is 0 Å². The highest BCUT2D eigenvalue weighted by Crippen LogP contribution is 2.10. The van der Waals surface area contributed by atoms with Crippen LogP contribution in [0.15, 0.2) is 36.9 Å². The van der Waals surface area contributed by atoms with Gasteiger partial charge in [0, 0.05) is 12.0 Å². The molecule has 3 heteroatoms. The van der Waals surface area contributed by atoms with Gasteiger partial charge in [-0.3, -0.25) is 4.79 Å². The molecule has 0 fully saturated rings. The molecule has 0 N–H and O–H groups in total. The fourth-order valence-corrected chi connectivity index (χ4v) is 1.46. The van der Waals surface area contributed by atoms with Crippen LogP contribution in [0.1, 0.15) is 40.0 Å². The monoisotopic (exact) mass is 232 g/mol. The van der Waals surface area contributed by atoms with Gasteiger partial charge < -0.3 is 4.74 Å². The number of methoxy groups -OCH3 is 1. The van der Waals surface area contributed by atoms with E-state index in [-0.39, 0.29) is 5.78 Å². The SMILES string of the molecule is C=CCCCC(=O)c1ccc(C(=O)OC)cc1. The van der Waals surface area contributed by atoms with Crippen molar-refractivity contribution in [3.8, 4) is 0 Å². The lowest BCUT2D eigenvalue weighted by molar-refractivity contribution is 0.0600. The number of unbranched alkanes of at least 4 members (excludes halogenated alkanes) is 1. The maximum absolute atomic E-state index is 11.7. The van der Waals surface area contributed by atoms with E-state index in [9.17, 15) is 9.59 Å². The molecular weight excluding hydrogens is 216 g/mol. The second-order valence-electron chi connectivity index (χ2n) is 3.67. The Hall–Kier alpha value is -1.90. The maximum atomic E-state index is 11.7. The molecule has 0 unspecified atom stereocenters. The predicted molar refractivity (Wildman–Crippen MR) is 66.2 cm³/mol. The van der Waals surface area contributed by atoms with Gasteiger partial charge in [-0.05, 0) is 25.0 Å². The lowest BCUT2D eigenvalue weighted by Gasteiger charge is -2.02. The number of hydrogen-bond donors (Lipinski definition) is 0. The van der Waals surface area contributed by atoms with E-state index in [1.165, 1.54) is 7.11 Å². The number of carbonyl (C=O) groups is 2. The van der Waals surface area contributed by atoms with Crippen LogP contribution >= 0.6 is 0 Å². The fraction of sp³-hybridized carbons (Fsp3) is 0.286. The van der Waals surface area contributed by atoms with Crippen LogP contribution in [0.4, 0.5) is 0 Å². The zero-order valence-electron chi connectivity index (χ0n) is 9.94. The van der Waals surface area contributed by atoms with Crippen molar-refractivity contribution in [2.45, 2.75) is 19.3 Å². The van der Waals surface area contributed by atoms with Crippen molar-refractivity contribution in [2.24, 2.45) is 0 Å². The number of allylic oxidation sites excluding steroid dienone is 1. The number of carbonyl (C=O) groups excluding carboxylic acids is 2. The maximum Gasteiger partial charge on any atom is 0.337 e. The van der Waals surface area contributed by atoms with Gasteiger partial charge in [0.25, 0.3) is 0 Å². The normalized spacial score (nSPS) is 9.71. The number of hydrogen-bond acceptors (Lipinski definition) is 3. The molecule has 0 aromatic heterocycles. The molecule has 0 aliphatic carbocycles. The topological polar surface area (TPSA) is 43.4 Å². The summed E-state index contributed by atoms with van der Waals surface area (Å²) in [5, 5.41) is 0. The van der Waals surface area contributed by atoms with Crippen molar-refractivity contribution in [3.63, 3.8) is 0 Å². The Kier molecular flexibility index (Phi) is 5.14. The third-order valence-electron chi connectivity index (χ3n) is 2.44. The van der Waals surface area contributed by atoms with Crippen molar-refractivity contribution in [2.75, 3.05) is 7.11 Å². The number of ketones is 1. The first-order chi connectivity index (χ1) is 8.19. The van der Waals surface area contributed by atoms with Crippen molar-refractivity contribution >= 4 is 11.8 Å². The van der Waals surface area contributed by atoms with Crippen LogP contribution in [0.2, 0.25) is 0 Å². The van der Waals surface area contributed by atoms with Crippen LogP contribution in [-0.4, -0.2) is 18.9 Å². The quantitative estimate of drug-likeness (QED) is 0.328. The summed E-state index contributed by atoms with van der Waals surface area (Å²) in [6.07, 6.45) is 3.95. The molecule has 0 radical (unpaired) electrons.